The largest absolute Gasteiger partial charge is 0.330 e. The Morgan fingerprint density at radius 3 is 2.82 bits per heavy atom. The monoisotopic (exact) mass is 230 g/mol. The molecule has 1 heterocycles. The fraction of sp³-hybridized carbons (Fsp3) is 0.167. The molecule has 0 bridgehead atoms. The molecule has 0 spiro atoms. The van der Waals surface area contributed by atoms with E-state index in [0.29, 0.717) is 13.0 Å². The zero-order valence-corrected chi connectivity index (χ0v) is 9.34. The lowest BCUT2D eigenvalue weighted by molar-refractivity contribution is -0.121. The molecule has 2 aromatic rings. The molecule has 0 aliphatic carbocycles. The van der Waals surface area contributed by atoms with Gasteiger partial charge in [-0.15, -0.1) is 0 Å². The third kappa shape index (κ3) is 2.70. The molecule has 0 atom stereocenters. The summed E-state index contributed by atoms with van der Waals surface area (Å²) < 4.78 is 1.94. The third-order valence-corrected chi connectivity index (χ3v) is 2.49. The summed E-state index contributed by atoms with van der Waals surface area (Å²) in [4.78, 5) is 15.4. The minimum Gasteiger partial charge on any atom is -0.330 e. The lowest BCUT2D eigenvalue weighted by Crippen LogP contribution is -2.30. The van der Waals surface area contributed by atoms with Gasteiger partial charge in [-0.2, -0.15) is 0 Å². The molecule has 2 rings (SSSR count). The standard InChI is InChI=1S/C12H14N4O/c13-15-11(17)6-8-16-9-7-14-12(16)10-4-2-1-3-5-10/h1-5,7,9H,6,8,13H2,(H,15,17). The molecule has 88 valence electrons. The van der Waals surface area contributed by atoms with E-state index in [9.17, 15) is 4.79 Å². The maximum absolute atomic E-state index is 11.1. The number of rotatable bonds is 4. The molecule has 1 aromatic heterocycles. The van der Waals surface area contributed by atoms with E-state index in [1.807, 2.05) is 41.1 Å². The van der Waals surface area contributed by atoms with Crippen LogP contribution in [0.1, 0.15) is 6.42 Å². The van der Waals surface area contributed by atoms with Crippen LogP contribution < -0.4 is 11.3 Å². The van der Waals surface area contributed by atoms with Crippen molar-refractivity contribution >= 4 is 5.91 Å². The number of imidazole rings is 1. The summed E-state index contributed by atoms with van der Waals surface area (Å²) in [5.41, 5.74) is 3.15. The topological polar surface area (TPSA) is 72.9 Å². The SMILES string of the molecule is NNC(=O)CCn1ccnc1-c1ccccc1. The number of hydrogen-bond donors (Lipinski definition) is 2. The Hall–Kier alpha value is -2.14. The molecule has 0 radical (unpaired) electrons. The number of amides is 1. The van der Waals surface area contributed by atoms with Crippen LogP contribution in [0.3, 0.4) is 0 Å². The van der Waals surface area contributed by atoms with E-state index in [2.05, 4.69) is 10.4 Å². The zero-order valence-electron chi connectivity index (χ0n) is 9.34. The molecule has 0 aliphatic rings. The summed E-state index contributed by atoms with van der Waals surface area (Å²) in [6, 6.07) is 9.85. The van der Waals surface area contributed by atoms with Crippen LogP contribution in [0.4, 0.5) is 0 Å². The summed E-state index contributed by atoms with van der Waals surface area (Å²) in [6.07, 6.45) is 3.92. The number of nitrogens with one attached hydrogen (secondary N) is 1. The van der Waals surface area contributed by atoms with E-state index >= 15 is 0 Å². The minimum atomic E-state index is -0.183. The Morgan fingerprint density at radius 1 is 1.35 bits per heavy atom. The first kappa shape index (κ1) is 11.3. The lowest BCUT2D eigenvalue weighted by Gasteiger charge is -2.07. The Morgan fingerprint density at radius 2 is 2.12 bits per heavy atom. The number of nitrogens with zero attached hydrogens (tertiary/aromatic N) is 2. The first-order chi connectivity index (χ1) is 8.31. The summed E-state index contributed by atoms with van der Waals surface area (Å²) in [5, 5.41) is 0. The van der Waals surface area contributed by atoms with E-state index in [-0.39, 0.29) is 5.91 Å². The summed E-state index contributed by atoms with van der Waals surface area (Å²) in [6.45, 7) is 0.563. The van der Waals surface area contributed by atoms with Gasteiger partial charge in [0.1, 0.15) is 5.82 Å². The normalized spacial score (nSPS) is 10.2. The van der Waals surface area contributed by atoms with Crippen molar-refractivity contribution in [3.05, 3.63) is 42.7 Å². The highest BCUT2D eigenvalue weighted by molar-refractivity contribution is 5.75. The number of hydrogen-bond acceptors (Lipinski definition) is 3. The molecule has 5 nitrogen and oxygen atoms in total. The van der Waals surface area contributed by atoms with Crippen molar-refractivity contribution in [2.75, 3.05) is 0 Å². The van der Waals surface area contributed by atoms with E-state index in [4.69, 9.17) is 5.84 Å². The molecule has 1 amide bonds. The third-order valence-electron chi connectivity index (χ3n) is 2.49. The van der Waals surface area contributed by atoms with Crippen LogP contribution in [-0.2, 0) is 11.3 Å². The van der Waals surface area contributed by atoms with Crippen molar-refractivity contribution in [1.29, 1.82) is 0 Å². The van der Waals surface area contributed by atoms with Gasteiger partial charge < -0.3 is 4.57 Å². The van der Waals surface area contributed by atoms with E-state index < -0.39 is 0 Å². The maximum Gasteiger partial charge on any atom is 0.235 e. The Bertz CT molecular complexity index is 492. The predicted molar refractivity (Wildman–Crippen MR) is 64.6 cm³/mol. The number of carbonyl (C=O) groups excluding carboxylic acids is 1. The van der Waals surface area contributed by atoms with Crippen LogP contribution in [-0.4, -0.2) is 15.5 Å². The second kappa shape index (κ2) is 5.27. The number of nitrogens with two attached hydrogens (primary N) is 1. The van der Waals surface area contributed by atoms with Crippen LogP contribution in [0.5, 0.6) is 0 Å². The van der Waals surface area contributed by atoms with Crippen LogP contribution in [0.15, 0.2) is 42.7 Å². The van der Waals surface area contributed by atoms with E-state index in [0.717, 1.165) is 11.4 Å². The Labute approximate surface area is 99.2 Å². The molecular formula is C12H14N4O. The highest BCUT2D eigenvalue weighted by Gasteiger charge is 2.06. The van der Waals surface area contributed by atoms with Gasteiger partial charge in [0.05, 0.1) is 0 Å². The van der Waals surface area contributed by atoms with Crippen LogP contribution >= 0.6 is 0 Å². The number of aryl methyl sites for hydroxylation is 1. The molecule has 0 saturated carbocycles. The first-order valence-corrected chi connectivity index (χ1v) is 5.37. The number of aromatic nitrogens is 2. The maximum atomic E-state index is 11.1. The van der Waals surface area contributed by atoms with Crippen molar-refractivity contribution in [3.8, 4) is 11.4 Å². The molecular weight excluding hydrogens is 216 g/mol. The molecule has 0 saturated heterocycles. The van der Waals surface area contributed by atoms with Gasteiger partial charge in [0, 0.05) is 30.9 Å². The van der Waals surface area contributed by atoms with Crippen molar-refractivity contribution in [1.82, 2.24) is 15.0 Å². The zero-order chi connectivity index (χ0) is 12.1. The van der Waals surface area contributed by atoms with Gasteiger partial charge in [-0.05, 0) is 0 Å². The van der Waals surface area contributed by atoms with Gasteiger partial charge in [0.15, 0.2) is 0 Å². The van der Waals surface area contributed by atoms with Crippen molar-refractivity contribution in [2.45, 2.75) is 13.0 Å². The second-order valence-corrected chi connectivity index (χ2v) is 3.63. The predicted octanol–water partition coefficient (Wildman–Crippen LogP) is 0.930. The highest BCUT2D eigenvalue weighted by Crippen LogP contribution is 2.16. The van der Waals surface area contributed by atoms with Crippen LogP contribution in [0, 0.1) is 0 Å². The quantitative estimate of drug-likeness (QED) is 0.466. The van der Waals surface area contributed by atoms with Crippen LogP contribution in [0.25, 0.3) is 11.4 Å². The molecule has 5 heteroatoms. The summed E-state index contributed by atoms with van der Waals surface area (Å²) in [5.74, 6) is 5.71. The van der Waals surface area contributed by atoms with Crippen molar-refractivity contribution in [3.63, 3.8) is 0 Å². The van der Waals surface area contributed by atoms with Gasteiger partial charge in [-0.25, -0.2) is 10.8 Å². The Kier molecular flexibility index (Phi) is 3.52. The van der Waals surface area contributed by atoms with E-state index in [1.54, 1.807) is 6.20 Å². The van der Waals surface area contributed by atoms with Gasteiger partial charge >= 0.3 is 0 Å². The van der Waals surface area contributed by atoms with Gasteiger partial charge in [0.2, 0.25) is 5.91 Å². The van der Waals surface area contributed by atoms with E-state index in [1.165, 1.54) is 0 Å². The number of carbonyl (C=O) groups is 1. The average Bonchev–Trinajstić information content (AvgIpc) is 2.85. The van der Waals surface area contributed by atoms with Gasteiger partial charge in [-0.1, -0.05) is 30.3 Å². The summed E-state index contributed by atoms with van der Waals surface area (Å²) in [7, 11) is 0. The molecule has 0 fully saturated rings. The van der Waals surface area contributed by atoms with Crippen molar-refractivity contribution < 1.29 is 4.79 Å². The fourth-order valence-corrected chi connectivity index (χ4v) is 1.63. The highest BCUT2D eigenvalue weighted by atomic mass is 16.2. The second-order valence-electron chi connectivity index (χ2n) is 3.63. The van der Waals surface area contributed by atoms with Gasteiger partial charge in [-0.3, -0.25) is 10.2 Å². The molecule has 3 N–H and O–H groups in total. The van der Waals surface area contributed by atoms with Crippen molar-refractivity contribution in [2.24, 2.45) is 5.84 Å². The number of benzene rings is 1. The lowest BCUT2D eigenvalue weighted by atomic mass is 10.2. The molecule has 0 unspecified atom stereocenters. The minimum absolute atomic E-state index is 0.183. The molecule has 0 aliphatic heterocycles. The molecule has 1 aromatic carbocycles. The summed E-state index contributed by atoms with van der Waals surface area (Å²) >= 11 is 0. The first-order valence-electron chi connectivity index (χ1n) is 5.37. The number of hydrazine groups is 1. The average molecular weight is 230 g/mol. The fourth-order valence-electron chi connectivity index (χ4n) is 1.63. The molecule has 17 heavy (non-hydrogen) atoms. The van der Waals surface area contributed by atoms with Gasteiger partial charge in [0.25, 0.3) is 0 Å². The smallest absolute Gasteiger partial charge is 0.235 e. The Balaban J connectivity index is 2.15. The van der Waals surface area contributed by atoms with Crippen LogP contribution in [0.2, 0.25) is 0 Å².